The van der Waals surface area contributed by atoms with E-state index < -0.39 is 5.60 Å². The molecular formula is C19H36N2O3. The van der Waals surface area contributed by atoms with E-state index in [1.54, 1.807) is 0 Å². The molecule has 5 heteroatoms. The van der Waals surface area contributed by atoms with Gasteiger partial charge in [0.1, 0.15) is 5.60 Å². The molecule has 1 aliphatic heterocycles. The van der Waals surface area contributed by atoms with Crippen LogP contribution in [0, 0.1) is 11.8 Å². The Morgan fingerprint density at radius 2 is 1.67 bits per heavy atom. The minimum Gasteiger partial charge on any atom is -0.444 e. The Kier molecular flexibility index (Phi) is 6.93. The van der Waals surface area contributed by atoms with Crippen molar-refractivity contribution in [1.29, 1.82) is 0 Å². The van der Waals surface area contributed by atoms with Crippen LogP contribution in [0.4, 0.5) is 4.79 Å². The number of aliphatic hydroxyl groups is 1. The zero-order valence-electron chi connectivity index (χ0n) is 15.9. The first kappa shape index (κ1) is 19.5. The van der Waals surface area contributed by atoms with Gasteiger partial charge in [0.2, 0.25) is 0 Å². The molecule has 1 saturated carbocycles. The smallest absolute Gasteiger partial charge is 0.410 e. The normalized spacial score (nSPS) is 27.8. The number of carbonyl (C=O) groups is 1. The van der Waals surface area contributed by atoms with Crippen LogP contribution in [-0.2, 0) is 4.74 Å². The Morgan fingerprint density at radius 3 is 2.17 bits per heavy atom. The predicted octanol–water partition coefficient (Wildman–Crippen LogP) is 3.16. The standard InChI is InChI=1S/C19H36N2O3/c1-14(22)13-20-17-7-5-15(6-8-17)16-9-11-21(12-10-16)18(23)24-19(2,3)4/h14-17,20,22H,5-13H2,1-4H3/t14-,15?,17?/m1/s1. The molecule has 1 saturated heterocycles. The van der Waals surface area contributed by atoms with E-state index in [1.807, 2.05) is 32.6 Å². The second-order valence-electron chi connectivity index (χ2n) is 8.67. The van der Waals surface area contributed by atoms with Crippen molar-refractivity contribution in [3.8, 4) is 0 Å². The van der Waals surface area contributed by atoms with Gasteiger partial charge < -0.3 is 20.1 Å². The van der Waals surface area contributed by atoms with Crippen molar-refractivity contribution in [3.05, 3.63) is 0 Å². The summed E-state index contributed by atoms with van der Waals surface area (Å²) < 4.78 is 5.48. The van der Waals surface area contributed by atoms with Crippen molar-refractivity contribution < 1.29 is 14.6 Å². The molecule has 0 unspecified atom stereocenters. The van der Waals surface area contributed by atoms with Gasteiger partial charge in [-0.05, 0) is 78.1 Å². The maximum absolute atomic E-state index is 12.1. The Labute approximate surface area is 147 Å². The van der Waals surface area contributed by atoms with Gasteiger partial charge >= 0.3 is 6.09 Å². The van der Waals surface area contributed by atoms with Crippen LogP contribution >= 0.6 is 0 Å². The van der Waals surface area contributed by atoms with Gasteiger partial charge in [-0.3, -0.25) is 0 Å². The van der Waals surface area contributed by atoms with Gasteiger partial charge in [0.05, 0.1) is 6.10 Å². The van der Waals surface area contributed by atoms with Crippen LogP contribution in [0.15, 0.2) is 0 Å². The molecule has 0 aromatic carbocycles. The molecular weight excluding hydrogens is 304 g/mol. The highest BCUT2D eigenvalue weighted by Crippen LogP contribution is 2.36. The summed E-state index contributed by atoms with van der Waals surface area (Å²) in [6.45, 7) is 9.95. The maximum Gasteiger partial charge on any atom is 0.410 e. The molecule has 0 aromatic rings. The number of nitrogens with zero attached hydrogens (tertiary/aromatic N) is 1. The van der Waals surface area contributed by atoms with Crippen molar-refractivity contribution in [1.82, 2.24) is 10.2 Å². The van der Waals surface area contributed by atoms with Gasteiger partial charge in [-0.15, -0.1) is 0 Å². The fraction of sp³-hybridized carbons (Fsp3) is 0.947. The van der Waals surface area contributed by atoms with Crippen LogP contribution in [0.5, 0.6) is 0 Å². The largest absolute Gasteiger partial charge is 0.444 e. The zero-order chi connectivity index (χ0) is 17.7. The molecule has 0 radical (unpaired) electrons. The van der Waals surface area contributed by atoms with E-state index in [2.05, 4.69) is 5.32 Å². The lowest BCUT2D eigenvalue weighted by Gasteiger charge is -2.39. The van der Waals surface area contributed by atoms with Gasteiger partial charge in [0.25, 0.3) is 0 Å². The summed E-state index contributed by atoms with van der Waals surface area (Å²) in [4.78, 5) is 14.0. The Hall–Kier alpha value is -0.810. The van der Waals surface area contributed by atoms with Crippen molar-refractivity contribution >= 4 is 6.09 Å². The maximum atomic E-state index is 12.1. The molecule has 140 valence electrons. The minimum absolute atomic E-state index is 0.160. The van der Waals surface area contributed by atoms with Gasteiger partial charge in [-0.2, -0.15) is 0 Å². The summed E-state index contributed by atoms with van der Waals surface area (Å²) in [5, 5.41) is 12.8. The Balaban J connectivity index is 1.69. The molecule has 5 nitrogen and oxygen atoms in total. The highest BCUT2D eigenvalue weighted by Gasteiger charge is 2.32. The fourth-order valence-electron chi connectivity index (χ4n) is 4.01. The van der Waals surface area contributed by atoms with E-state index in [0.717, 1.165) is 37.8 Å². The number of nitrogens with one attached hydrogen (secondary N) is 1. The monoisotopic (exact) mass is 340 g/mol. The summed E-state index contributed by atoms with van der Waals surface area (Å²) in [6, 6.07) is 0.567. The number of amides is 1. The summed E-state index contributed by atoms with van der Waals surface area (Å²) >= 11 is 0. The van der Waals surface area contributed by atoms with Gasteiger partial charge in [0, 0.05) is 25.7 Å². The second kappa shape index (κ2) is 8.52. The van der Waals surface area contributed by atoms with Gasteiger partial charge in [-0.1, -0.05) is 0 Å². The number of aliphatic hydroxyl groups excluding tert-OH is 1. The third-order valence-electron chi connectivity index (χ3n) is 5.33. The molecule has 2 N–H and O–H groups in total. The summed E-state index contributed by atoms with van der Waals surface area (Å²) in [5.74, 6) is 1.55. The van der Waals surface area contributed by atoms with Crippen LogP contribution in [0.1, 0.15) is 66.2 Å². The Bertz CT molecular complexity index is 390. The number of hydrogen-bond acceptors (Lipinski definition) is 4. The van der Waals surface area contributed by atoms with Crippen molar-refractivity contribution in [2.75, 3.05) is 19.6 Å². The molecule has 0 bridgehead atoms. The average molecular weight is 341 g/mol. The molecule has 0 aromatic heterocycles. The first-order valence-electron chi connectivity index (χ1n) is 9.64. The van der Waals surface area contributed by atoms with E-state index in [4.69, 9.17) is 4.74 Å². The van der Waals surface area contributed by atoms with Crippen LogP contribution in [0.25, 0.3) is 0 Å². The lowest BCUT2D eigenvalue weighted by atomic mass is 9.74. The summed E-state index contributed by atoms with van der Waals surface area (Å²) in [7, 11) is 0. The van der Waals surface area contributed by atoms with Crippen LogP contribution < -0.4 is 5.32 Å². The average Bonchev–Trinajstić information content (AvgIpc) is 2.52. The van der Waals surface area contributed by atoms with E-state index >= 15 is 0 Å². The topological polar surface area (TPSA) is 61.8 Å². The Morgan fingerprint density at radius 1 is 1.12 bits per heavy atom. The highest BCUT2D eigenvalue weighted by molar-refractivity contribution is 5.68. The van der Waals surface area contributed by atoms with Crippen molar-refractivity contribution in [2.45, 2.75) is 84.0 Å². The third-order valence-corrected chi connectivity index (χ3v) is 5.33. The quantitative estimate of drug-likeness (QED) is 0.825. The lowest BCUT2D eigenvalue weighted by molar-refractivity contribution is 0.0145. The lowest BCUT2D eigenvalue weighted by Crippen LogP contribution is -2.44. The SMILES string of the molecule is C[C@@H](O)CNC1CCC(C2CCN(C(=O)OC(C)(C)C)CC2)CC1. The zero-order valence-corrected chi connectivity index (χ0v) is 15.9. The van der Waals surface area contributed by atoms with Gasteiger partial charge in [-0.25, -0.2) is 4.79 Å². The number of hydrogen-bond donors (Lipinski definition) is 2. The summed E-state index contributed by atoms with van der Waals surface area (Å²) in [5.41, 5.74) is -0.411. The number of ether oxygens (including phenoxy) is 1. The number of carbonyl (C=O) groups excluding carboxylic acids is 1. The highest BCUT2D eigenvalue weighted by atomic mass is 16.6. The van der Waals surface area contributed by atoms with Crippen LogP contribution in [0.2, 0.25) is 0 Å². The van der Waals surface area contributed by atoms with E-state index in [-0.39, 0.29) is 12.2 Å². The van der Waals surface area contributed by atoms with E-state index in [0.29, 0.717) is 12.6 Å². The number of rotatable bonds is 4. The fourth-order valence-corrected chi connectivity index (χ4v) is 4.01. The molecule has 1 amide bonds. The first-order valence-corrected chi connectivity index (χ1v) is 9.64. The molecule has 2 aliphatic rings. The number of piperidine rings is 1. The molecule has 2 fully saturated rings. The molecule has 2 rings (SSSR count). The predicted molar refractivity (Wildman–Crippen MR) is 96.0 cm³/mol. The molecule has 1 heterocycles. The third kappa shape index (κ3) is 6.25. The number of likely N-dealkylation sites (tertiary alicyclic amines) is 1. The van der Waals surface area contributed by atoms with Gasteiger partial charge in [0.15, 0.2) is 0 Å². The van der Waals surface area contributed by atoms with E-state index in [1.165, 1.54) is 25.7 Å². The molecule has 24 heavy (non-hydrogen) atoms. The molecule has 1 aliphatic carbocycles. The second-order valence-corrected chi connectivity index (χ2v) is 8.67. The van der Waals surface area contributed by atoms with Crippen LogP contribution in [-0.4, -0.2) is 53.5 Å². The molecule has 1 atom stereocenters. The first-order chi connectivity index (χ1) is 11.2. The summed E-state index contributed by atoms with van der Waals surface area (Å²) in [6.07, 6.45) is 6.76. The van der Waals surface area contributed by atoms with E-state index in [9.17, 15) is 9.90 Å². The van der Waals surface area contributed by atoms with Crippen molar-refractivity contribution in [3.63, 3.8) is 0 Å². The molecule has 0 spiro atoms. The minimum atomic E-state index is -0.411. The van der Waals surface area contributed by atoms with Crippen molar-refractivity contribution in [2.24, 2.45) is 11.8 Å². The van der Waals surface area contributed by atoms with Crippen LogP contribution in [0.3, 0.4) is 0 Å².